The van der Waals surface area contributed by atoms with Gasteiger partial charge < -0.3 is 10.5 Å². The van der Waals surface area contributed by atoms with E-state index in [-0.39, 0.29) is 22.9 Å². The number of methoxy groups -OCH3 is 1. The monoisotopic (exact) mass is 308 g/mol. The molecule has 0 aliphatic rings. The molecule has 9 heteroatoms. The van der Waals surface area contributed by atoms with Gasteiger partial charge in [0.15, 0.2) is 0 Å². The van der Waals surface area contributed by atoms with Crippen molar-refractivity contribution in [1.82, 2.24) is 4.72 Å². The number of sulfonamides is 1. The van der Waals surface area contributed by atoms with E-state index in [1.54, 1.807) is 0 Å². The summed E-state index contributed by atoms with van der Waals surface area (Å²) in [6.07, 6.45) is 1.04. The van der Waals surface area contributed by atoms with Gasteiger partial charge in [0.05, 0.1) is 23.4 Å². The Bertz CT molecular complexity index is 652. The first kappa shape index (κ1) is 15.7. The van der Waals surface area contributed by atoms with Gasteiger partial charge in [-0.2, -0.15) is 0 Å². The van der Waals surface area contributed by atoms with E-state index in [4.69, 9.17) is 10.5 Å². The number of rotatable bonds is 6. The van der Waals surface area contributed by atoms with Crippen LogP contribution in [0, 0.1) is 0 Å². The maximum absolute atomic E-state index is 11.9. The van der Waals surface area contributed by atoms with Crippen LogP contribution in [0.2, 0.25) is 0 Å². The Labute approximate surface area is 112 Å². The molecule has 0 aromatic heterocycles. The van der Waals surface area contributed by atoms with Gasteiger partial charge in [0.1, 0.15) is 15.6 Å². The van der Waals surface area contributed by atoms with Gasteiger partial charge in [0.2, 0.25) is 10.0 Å². The van der Waals surface area contributed by atoms with Gasteiger partial charge in [-0.05, 0) is 12.1 Å². The number of nitrogens with two attached hydrogens (primary N) is 1. The van der Waals surface area contributed by atoms with Crippen LogP contribution in [0.15, 0.2) is 23.1 Å². The molecule has 0 bridgehead atoms. The molecule has 0 amide bonds. The minimum absolute atomic E-state index is 0.0351. The lowest BCUT2D eigenvalue weighted by molar-refractivity contribution is 0.415. The maximum Gasteiger partial charge on any atom is 0.240 e. The molecule has 0 atom stereocenters. The second kappa shape index (κ2) is 5.76. The summed E-state index contributed by atoms with van der Waals surface area (Å²) in [6, 6.07) is 4.00. The fourth-order valence-electron chi connectivity index (χ4n) is 1.30. The van der Waals surface area contributed by atoms with Crippen LogP contribution < -0.4 is 15.2 Å². The smallest absolute Gasteiger partial charge is 0.240 e. The zero-order valence-electron chi connectivity index (χ0n) is 10.6. The van der Waals surface area contributed by atoms with Gasteiger partial charge in [0.25, 0.3) is 0 Å². The summed E-state index contributed by atoms with van der Waals surface area (Å²) in [5.74, 6) is -0.0239. The molecule has 3 N–H and O–H groups in total. The Morgan fingerprint density at radius 2 is 1.89 bits per heavy atom. The van der Waals surface area contributed by atoms with E-state index in [2.05, 4.69) is 4.72 Å². The highest BCUT2D eigenvalue weighted by molar-refractivity contribution is 7.91. The molecule has 0 radical (unpaired) electrons. The molecule has 0 spiro atoms. The van der Waals surface area contributed by atoms with E-state index in [0.29, 0.717) is 5.69 Å². The lowest BCUT2D eigenvalue weighted by atomic mass is 10.3. The standard InChI is InChI=1S/C10H16N2O5S2/c1-17-10-7-8(3-4-9(10)11)19(15,16)12-5-6-18(2,13)14/h3-4,7,12H,5-6,11H2,1-2H3. The average Bonchev–Trinajstić information content (AvgIpc) is 2.27. The normalized spacial score (nSPS) is 12.3. The summed E-state index contributed by atoms with van der Waals surface area (Å²) >= 11 is 0. The van der Waals surface area contributed by atoms with Crippen LogP contribution >= 0.6 is 0 Å². The Morgan fingerprint density at radius 1 is 1.26 bits per heavy atom. The van der Waals surface area contributed by atoms with Crippen LogP contribution in [0.25, 0.3) is 0 Å². The number of sulfone groups is 1. The lowest BCUT2D eigenvalue weighted by Gasteiger charge is -2.09. The van der Waals surface area contributed by atoms with E-state index < -0.39 is 19.9 Å². The van der Waals surface area contributed by atoms with Crippen molar-refractivity contribution in [1.29, 1.82) is 0 Å². The molecule has 0 fully saturated rings. The van der Waals surface area contributed by atoms with Gasteiger partial charge in [-0.25, -0.2) is 21.6 Å². The van der Waals surface area contributed by atoms with Gasteiger partial charge >= 0.3 is 0 Å². The lowest BCUT2D eigenvalue weighted by Crippen LogP contribution is -2.29. The summed E-state index contributed by atoms with van der Waals surface area (Å²) in [4.78, 5) is -0.0351. The number of nitrogens with one attached hydrogen (secondary N) is 1. The van der Waals surface area contributed by atoms with E-state index >= 15 is 0 Å². The predicted molar refractivity (Wildman–Crippen MR) is 72.3 cm³/mol. The first-order valence-electron chi connectivity index (χ1n) is 5.26. The van der Waals surface area contributed by atoms with Crippen molar-refractivity contribution in [2.75, 3.05) is 31.4 Å². The number of anilines is 1. The van der Waals surface area contributed by atoms with Crippen molar-refractivity contribution in [2.45, 2.75) is 4.90 Å². The second-order valence-corrected chi connectivity index (χ2v) is 7.96. The molecule has 1 aromatic carbocycles. The first-order chi connectivity index (χ1) is 8.65. The third-order valence-electron chi connectivity index (χ3n) is 2.28. The molecule has 7 nitrogen and oxygen atoms in total. The Morgan fingerprint density at radius 3 is 2.42 bits per heavy atom. The highest BCUT2D eigenvalue weighted by Crippen LogP contribution is 2.24. The van der Waals surface area contributed by atoms with Crippen LogP contribution in [0.4, 0.5) is 5.69 Å². The zero-order valence-corrected chi connectivity index (χ0v) is 12.2. The zero-order chi connectivity index (χ0) is 14.7. The molecule has 19 heavy (non-hydrogen) atoms. The quantitative estimate of drug-likeness (QED) is 0.691. The maximum atomic E-state index is 11.9. The van der Waals surface area contributed by atoms with Crippen molar-refractivity contribution in [2.24, 2.45) is 0 Å². The van der Waals surface area contributed by atoms with Gasteiger partial charge in [-0.3, -0.25) is 0 Å². The highest BCUT2D eigenvalue weighted by atomic mass is 32.2. The van der Waals surface area contributed by atoms with Gasteiger partial charge in [-0.1, -0.05) is 0 Å². The van der Waals surface area contributed by atoms with Crippen molar-refractivity contribution in [3.63, 3.8) is 0 Å². The summed E-state index contributed by atoms with van der Waals surface area (Å²) < 4.78 is 52.8. The molecular weight excluding hydrogens is 292 g/mol. The van der Waals surface area contributed by atoms with Crippen LogP contribution in [0.5, 0.6) is 5.75 Å². The number of benzene rings is 1. The first-order valence-corrected chi connectivity index (χ1v) is 8.81. The highest BCUT2D eigenvalue weighted by Gasteiger charge is 2.16. The Kier molecular flexibility index (Phi) is 4.77. The third kappa shape index (κ3) is 4.69. The molecule has 0 heterocycles. The minimum atomic E-state index is -3.78. The Balaban J connectivity index is 2.89. The second-order valence-electron chi connectivity index (χ2n) is 3.93. The SMILES string of the molecule is COc1cc(S(=O)(=O)NCCS(C)(=O)=O)ccc1N. The Hall–Kier alpha value is -1.32. The molecule has 1 aromatic rings. The molecule has 108 valence electrons. The van der Waals surface area contributed by atoms with E-state index in [0.717, 1.165) is 6.26 Å². The van der Waals surface area contributed by atoms with Gasteiger partial charge in [-0.15, -0.1) is 0 Å². The topological polar surface area (TPSA) is 116 Å². The molecule has 0 saturated carbocycles. The summed E-state index contributed by atoms with van der Waals surface area (Å²) in [5, 5.41) is 0. The molecule has 0 aliphatic carbocycles. The third-order valence-corrected chi connectivity index (χ3v) is 4.68. The van der Waals surface area contributed by atoms with Crippen LogP contribution in [0.1, 0.15) is 0 Å². The summed E-state index contributed by atoms with van der Waals surface area (Å²) in [7, 11) is -5.63. The number of ether oxygens (including phenoxy) is 1. The molecular formula is C10H16N2O5S2. The van der Waals surface area contributed by atoms with Crippen LogP contribution in [-0.4, -0.2) is 42.5 Å². The average molecular weight is 308 g/mol. The molecule has 0 aliphatic heterocycles. The van der Waals surface area contributed by atoms with E-state index in [1.165, 1.54) is 25.3 Å². The predicted octanol–water partition coefficient (Wildman–Crippen LogP) is -0.400. The number of nitrogen functional groups attached to an aromatic ring is 1. The number of hydrogen-bond acceptors (Lipinski definition) is 6. The van der Waals surface area contributed by atoms with Crippen molar-refractivity contribution in [3.05, 3.63) is 18.2 Å². The fraction of sp³-hybridized carbons (Fsp3) is 0.400. The molecule has 1 rings (SSSR count). The van der Waals surface area contributed by atoms with Crippen LogP contribution in [0.3, 0.4) is 0 Å². The largest absolute Gasteiger partial charge is 0.495 e. The fourth-order valence-corrected chi connectivity index (χ4v) is 2.95. The molecule has 0 saturated heterocycles. The van der Waals surface area contributed by atoms with Crippen molar-refractivity contribution in [3.8, 4) is 5.75 Å². The summed E-state index contributed by atoms with van der Waals surface area (Å²) in [5.41, 5.74) is 5.90. The van der Waals surface area contributed by atoms with Crippen LogP contribution in [-0.2, 0) is 19.9 Å². The number of hydrogen-bond donors (Lipinski definition) is 2. The summed E-state index contributed by atoms with van der Waals surface area (Å²) in [6.45, 7) is -0.187. The van der Waals surface area contributed by atoms with Crippen molar-refractivity contribution >= 4 is 25.5 Å². The van der Waals surface area contributed by atoms with E-state index in [9.17, 15) is 16.8 Å². The van der Waals surface area contributed by atoms with Gasteiger partial charge in [0, 0.05) is 18.9 Å². The van der Waals surface area contributed by atoms with E-state index in [1.807, 2.05) is 0 Å². The molecule has 0 unspecified atom stereocenters. The minimum Gasteiger partial charge on any atom is -0.495 e. The van der Waals surface area contributed by atoms with Crippen molar-refractivity contribution < 1.29 is 21.6 Å².